The van der Waals surface area contributed by atoms with Crippen LogP contribution in [-0.4, -0.2) is 65.3 Å². The molecule has 1 unspecified atom stereocenters. The van der Waals surface area contributed by atoms with E-state index >= 15 is 0 Å². The van der Waals surface area contributed by atoms with E-state index in [1.807, 2.05) is 6.92 Å². The highest BCUT2D eigenvalue weighted by molar-refractivity contribution is 7.90. The third-order valence-electron chi connectivity index (χ3n) is 4.61. The van der Waals surface area contributed by atoms with Crippen molar-refractivity contribution >= 4 is 25.8 Å². The van der Waals surface area contributed by atoms with Crippen LogP contribution in [-0.2, 0) is 26.4 Å². The summed E-state index contributed by atoms with van der Waals surface area (Å²) in [5.41, 5.74) is 0.923. The van der Waals surface area contributed by atoms with Crippen molar-refractivity contribution in [1.82, 2.24) is 14.9 Å². The summed E-state index contributed by atoms with van der Waals surface area (Å²) in [6, 6.07) is 6.80. The highest BCUT2D eigenvalue weighted by atomic mass is 32.2. The third-order valence-corrected chi connectivity index (χ3v) is 7.50. The van der Waals surface area contributed by atoms with Crippen LogP contribution in [0.2, 0.25) is 0 Å². The molecule has 0 saturated carbocycles. The molecule has 158 valence electrons. The molecule has 8 nitrogen and oxygen atoms in total. The number of benzene rings is 1. The lowest BCUT2D eigenvalue weighted by Crippen LogP contribution is -2.42. The van der Waals surface area contributed by atoms with Crippen LogP contribution in [0.4, 0.5) is 0 Å². The maximum absolute atomic E-state index is 12.5. The van der Waals surface area contributed by atoms with Crippen LogP contribution >= 0.6 is 0 Å². The van der Waals surface area contributed by atoms with Crippen molar-refractivity contribution < 1.29 is 16.8 Å². The number of rotatable bonds is 8. The van der Waals surface area contributed by atoms with E-state index in [0.29, 0.717) is 36.9 Å². The molecule has 0 amide bonds. The van der Waals surface area contributed by atoms with E-state index in [0.717, 1.165) is 18.4 Å². The van der Waals surface area contributed by atoms with Crippen LogP contribution in [0.1, 0.15) is 31.7 Å². The minimum absolute atomic E-state index is 0.0473. The van der Waals surface area contributed by atoms with Gasteiger partial charge < -0.3 is 10.6 Å². The van der Waals surface area contributed by atoms with Crippen LogP contribution in [0.3, 0.4) is 0 Å². The lowest BCUT2D eigenvalue weighted by Gasteiger charge is -2.18. The third kappa shape index (κ3) is 6.75. The molecule has 2 rings (SSSR count). The van der Waals surface area contributed by atoms with Gasteiger partial charge in [0.25, 0.3) is 0 Å². The first-order valence-corrected chi connectivity index (χ1v) is 12.9. The number of sulfonamides is 1. The Morgan fingerprint density at radius 3 is 2.29 bits per heavy atom. The zero-order chi connectivity index (χ0) is 20.8. The van der Waals surface area contributed by atoms with Gasteiger partial charge >= 0.3 is 0 Å². The molecule has 0 radical (unpaired) electrons. The maximum atomic E-state index is 12.5. The molecule has 1 heterocycles. The molecule has 1 saturated heterocycles. The highest BCUT2D eigenvalue weighted by Gasteiger charge is 2.26. The normalized spacial score (nSPS) is 17.5. The molecule has 28 heavy (non-hydrogen) atoms. The number of nitrogens with zero attached hydrogens (tertiary/aromatic N) is 2. The fraction of sp³-hybridized carbons (Fsp3) is 0.611. The van der Waals surface area contributed by atoms with Gasteiger partial charge in [-0.15, -0.1) is 0 Å². The Morgan fingerprint density at radius 1 is 1.14 bits per heavy atom. The molecule has 0 aliphatic carbocycles. The lowest BCUT2D eigenvalue weighted by atomic mass is 10.2. The minimum Gasteiger partial charge on any atom is -0.354 e. The first-order valence-electron chi connectivity index (χ1n) is 9.36. The van der Waals surface area contributed by atoms with Gasteiger partial charge in [-0.05, 0) is 43.9 Å². The number of aliphatic imine (C=N–C) groups is 1. The molecule has 1 aromatic carbocycles. The lowest BCUT2D eigenvalue weighted by molar-refractivity contribution is 0.477. The standard InChI is InChI=1S/C18H30N4O4S2/c1-15(10-13-27(3,23)24)21-18(19-2)20-14-16-6-8-17(9-7-16)28(25,26)22-11-4-5-12-22/h6-9,15H,4-5,10-14H2,1-3H3,(H2,19,20,21). The van der Waals surface area contributed by atoms with Crippen molar-refractivity contribution in [1.29, 1.82) is 0 Å². The summed E-state index contributed by atoms with van der Waals surface area (Å²) in [7, 11) is -4.75. The Balaban J connectivity index is 1.89. The molecule has 1 aliphatic rings. The summed E-state index contributed by atoms with van der Waals surface area (Å²) in [5.74, 6) is 0.681. The van der Waals surface area contributed by atoms with Gasteiger partial charge in [-0.2, -0.15) is 4.31 Å². The smallest absolute Gasteiger partial charge is 0.243 e. The molecule has 1 fully saturated rings. The second kappa shape index (κ2) is 9.71. The monoisotopic (exact) mass is 430 g/mol. The van der Waals surface area contributed by atoms with E-state index in [-0.39, 0.29) is 11.8 Å². The second-order valence-corrected chi connectivity index (χ2v) is 11.3. The van der Waals surface area contributed by atoms with Crippen LogP contribution in [0, 0.1) is 0 Å². The zero-order valence-corrected chi connectivity index (χ0v) is 18.3. The van der Waals surface area contributed by atoms with Crippen molar-refractivity contribution in [2.75, 3.05) is 32.1 Å². The Bertz CT molecular complexity index is 875. The Hall–Kier alpha value is -1.65. The number of hydrogen-bond acceptors (Lipinski definition) is 5. The summed E-state index contributed by atoms with van der Waals surface area (Å²) in [6.07, 6.45) is 3.54. The summed E-state index contributed by atoms with van der Waals surface area (Å²) in [5, 5.41) is 6.31. The van der Waals surface area contributed by atoms with E-state index < -0.39 is 19.9 Å². The van der Waals surface area contributed by atoms with Crippen molar-refractivity contribution in [3.8, 4) is 0 Å². The van der Waals surface area contributed by atoms with Crippen LogP contribution < -0.4 is 10.6 Å². The van der Waals surface area contributed by atoms with Crippen molar-refractivity contribution in [2.24, 2.45) is 4.99 Å². The first kappa shape index (κ1) is 22.6. The van der Waals surface area contributed by atoms with Gasteiger partial charge in [0, 0.05) is 39.0 Å². The zero-order valence-electron chi connectivity index (χ0n) is 16.7. The fourth-order valence-corrected chi connectivity index (χ4v) is 5.23. The van der Waals surface area contributed by atoms with Crippen LogP contribution in [0.25, 0.3) is 0 Å². The average Bonchev–Trinajstić information content (AvgIpc) is 3.19. The van der Waals surface area contributed by atoms with E-state index in [9.17, 15) is 16.8 Å². The maximum Gasteiger partial charge on any atom is 0.243 e. The minimum atomic E-state index is -3.40. The van der Waals surface area contributed by atoms with Crippen molar-refractivity contribution in [2.45, 2.75) is 43.7 Å². The van der Waals surface area contributed by atoms with E-state index in [1.54, 1.807) is 31.3 Å². The topological polar surface area (TPSA) is 108 Å². The molecular formula is C18H30N4O4S2. The SMILES string of the molecule is CN=C(NCc1ccc(S(=O)(=O)N2CCCC2)cc1)NC(C)CCS(C)(=O)=O. The molecule has 1 aromatic rings. The summed E-state index contributed by atoms with van der Waals surface area (Å²) in [4.78, 5) is 4.45. The van der Waals surface area contributed by atoms with Crippen LogP contribution in [0.15, 0.2) is 34.2 Å². The summed E-state index contributed by atoms with van der Waals surface area (Å²) in [6.45, 7) is 3.55. The summed E-state index contributed by atoms with van der Waals surface area (Å²) < 4.78 is 49.2. The van der Waals surface area contributed by atoms with E-state index in [2.05, 4.69) is 15.6 Å². The predicted molar refractivity (Wildman–Crippen MR) is 112 cm³/mol. The number of nitrogens with one attached hydrogen (secondary N) is 2. The molecule has 2 N–H and O–H groups in total. The highest BCUT2D eigenvalue weighted by Crippen LogP contribution is 2.21. The molecule has 1 aliphatic heterocycles. The van der Waals surface area contributed by atoms with Crippen molar-refractivity contribution in [3.05, 3.63) is 29.8 Å². The quantitative estimate of drug-likeness (QED) is 0.470. The molecule has 0 spiro atoms. The number of guanidine groups is 1. The largest absolute Gasteiger partial charge is 0.354 e. The van der Waals surface area contributed by atoms with Gasteiger partial charge in [-0.3, -0.25) is 4.99 Å². The van der Waals surface area contributed by atoms with Gasteiger partial charge in [0.2, 0.25) is 10.0 Å². The number of sulfone groups is 1. The van der Waals surface area contributed by atoms with Gasteiger partial charge in [0.15, 0.2) is 5.96 Å². The predicted octanol–water partition coefficient (Wildman–Crippen LogP) is 0.959. The molecule has 10 heteroatoms. The average molecular weight is 431 g/mol. The molecular weight excluding hydrogens is 400 g/mol. The first-order chi connectivity index (χ1) is 13.1. The Kier molecular flexibility index (Phi) is 7.85. The van der Waals surface area contributed by atoms with E-state index in [1.165, 1.54) is 10.6 Å². The second-order valence-electron chi connectivity index (χ2n) is 7.14. The van der Waals surface area contributed by atoms with Gasteiger partial charge in [0.05, 0.1) is 10.6 Å². The van der Waals surface area contributed by atoms with Crippen molar-refractivity contribution in [3.63, 3.8) is 0 Å². The molecule has 0 bridgehead atoms. The van der Waals surface area contributed by atoms with Gasteiger partial charge in [-0.25, -0.2) is 16.8 Å². The van der Waals surface area contributed by atoms with E-state index in [4.69, 9.17) is 0 Å². The number of hydrogen-bond donors (Lipinski definition) is 2. The fourth-order valence-electron chi connectivity index (χ4n) is 2.93. The van der Waals surface area contributed by atoms with Crippen LogP contribution in [0.5, 0.6) is 0 Å². The Morgan fingerprint density at radius 2 is 1.75 bits per heavy atom. The summed E-state index contributed by atoms with van der Waals surface area (Å²) >= 11 is 0. The Labute approximate surface area is 168 Å². The van der Waals surface area contributed by atoms with Gasteiger partial charge in [-0.1, -0.05) is 12.1 Å². The molecule has 0 aromatic heterocycles. The molecule has 1 atom stereocenters. The van der Waals surface area contributed by atoms with Gasteiger partial charge in [0.1, 0.15) is 9.84 Å².